The van der Waals surface area contributed by atoms with Gasteiger partial charge in [0, 0.05) is 0 Å². The fraction of sp³-hybridized carbons (Fsp3) is 0.412. The largest absolute Gasteiger partial charge is 0.0802 e. The maximum atomic E-state index is 2.75. The number of hydrogen-bond acceptors (Lipinski definition) is 0. The molecule has 2 fully saturated rings. The van der Waals surface area contributed by atoms with E-state index in [9.17, 15) is 0 Å². The third kappa shape index (κ3) is 3.97. The molecule has 2 saturated carbocycles. The van der Waals surface area contributed by atoms with Crippen molar-refractivity contribution in [2.24, 2.45) is 35.5 Å². The predicted octanol–water partition coefficient (Wildman–Crippen LogP) is 9.29. The van der Waals surface area contributed by atoms with Crippen molar-refractivity contribution in [3.8, 4) is 0 Å². The molecule has 8 unspecified atom stereocenters. The van der Waals surface area contributed by atoms with Gasteiger partial charge < -0.3 is 0 Å². The first-order valence-corrected chi connectivity index (χ1v) is 17.0. The van der Waals surface area contributed by atoms with E-state index in [0.29, 0.717) is 11.8 Å². The molecule has 6 rings (SSSR count). The molecule has 0 aromatic heterocycles. The number of benzene rings is 2. The molecule has 180 valence electrons. The van der Waals surface area contributed by atoms with E-state index in [1.165, 1.54) is 35.1 Å². The molecule has 2 aromatic rings. The van der Waals surface area contributed by atoms with Gasteiger partial charge in [0.1, 0.15) is 0 Å². The van der Waals surface area contributed by atoms with Gasteiger partial charge in [-0.3, -0.25) is 0 Å². The van der Waals surface area contributed by atoms with E-state index >= 15 is 0 Å². The van der Waals surface area contributed by atoms with E-state index in [-0.39, 0.29) is 0 Å². The summed E-state index contributed by atoms with van der Waals surface area (Å²) in [7, 11) is -1.50. The summed E-state index contributed by atoms with van der Waals surface area (Å²) in [5.41, 5.74) is 7.38. The Bertz CT molecular complexity index is 1090. The Hall–Kier alpha value is -2.38. The third-order valence-corrected chi connectivity index (χ3v) is 15.3. The van der Waals surface area contributed by atoms with Crippen molar-refractivity contribution >= 4 is 19.2 Å². The average molecular weight is 477 g/mol. The van der Waals surface area contributed by atoms with Crippen molar-refractivity contribution in [3.05, 3.63) is 108 Å². The van der Waals surface area contributed by atoms with Crippen LogP contribution in [0.25, 0.3) is 11.1 Å². The summed E-state index contributed by atoms with van der Waals surface area (Å²) in [5, 5.41) is 0. The van der Waals surface area contributed by atoms with Crippen LogP contribution in [0.15, 0.2) is 97.1 Å². The van der Waals surface area contributed by atoms with Gasteiger partial charge in [0.2, 0.25) is 0 Å². The Morgan fingerprint density at radius 2 is 0.971 bits per heavy atom. The van der Waals surface area contributed by atoms with Crippen molar-refractivity contribution in [1.82, 2.24) is 0 Å². The summed E-state index contributed by atoms with van der Waals surface area (Å²) in [6.07, 6.45) is 18.2. The lowest BCUT2D eigenvalue weighted by atomic mass is 9.83. The molecule has 0 nitrogen and oxygen atoms in total. The van der Waals surface area contributed by atoms with E-state index < -0.39 is 8.07 Å². The monoisotopic (exact) mass is 476 g/mol. The van der Waals surface area contributed by atoms with Crippen LogP contribution in [0.4, 0.5) is 0 Å². The van der Waals surface area contributed by atoms with E-state index in [1.54, 1.807) is 0 Å². The number of fused-ring (bicyclic) bond motifs is 2. The van der Waals surface area contributed by atoms with Crippen LogP contribution in [0.5, 0.6) is 0 Å². The summed E-state index contributed by atoms with van der Waals surface area (Å²) < 4.78 is 0. The molecule has 8 atom stereocenters. The summed E-state index contributed by atoms with van der Waals surface area (Å²) in [6.45, 7) is 10.5. The highest BCUT2D eigenvalue weighted by Gasteiger charge is 2.55. The molecule has 0 radical (unpaired) electrons. The molecule has 0 amide bonds. The van der Waals surface area contributed by atoms with Crippen LogP contribution < -0.4 is 0 Å². The van der Waals surface area contributed by atoms with E-state index in [1.807, 2.05) is 0 Å². The van der Waals surface area contributed by atoms with Crippen LogP contribution in [-0.4, -0.2) is 8.07 Å². The quantitative estimate of drug-likeness (QED) is 0.386. The molecule has 0 spiro atoms. The second-order valence-electron chi connectivity index (χ2n) is 12.5. The first-order chi connectivity index (χ1) is 16.9. The second-order valence-corrected chi connectivity index (χ2v) is 17.6. The zero-order valence-electron chi connectivity index (χ0n) is 21.8. The lowest BCUT2D eigenvalue weighted by Crippen LogP contribution is -2.42. The van der Waals surface area contributed by atoms with Gasteiger partial charge in [-0.25, -0.2) is 0 Å². The van der Waals surface area contributed by atoms with Crippen LogP contribution in [0, 0.1) is 35.5 Å². The zero-order chi connectivity index (χ0) is 24.2. The van der Waals surface area contributed by atoms with E-state index in [4.69, 9.17) is 0 Å². The van der Waals surface area contributed by atoms with Crippen molar-refractivity contribution < 1.29 is 0 Å². The van der Waals surface area contributed by atoms with Crippen LogP contribution in [0.3, 0.4) is 0 Å². The van der Waals surface area contributed by atoms with Crippen molar-refractivity contribution in [2.45, 2.75) is 50.9 Å². The third-order valence-electron chi connectivity index (χ3n) is 10.2. The van der Waals surface area contributed by atoms with Crippen molar-refractivity contribution in [3.63, 3.8) is 0 Å². The maximum absolute atomic E-state index is 2.75. The molecular weight excluding hydrogens is 436 g/mol. The minimum atomic E-state index is -1.50. The summed E-state index contributed by atoms with van der Waals surface area (Å²) in [6, 6.07) is 22.0. The lowest BCUT2D eigenvalue weighted by molar-refractivity contribution is 0.448. The second kappa shape index (κ2) is 8.93. The van der Waals surface area contributed by atoms with Crippen LogP contribution in [-0.2, 0) is 0 Å². The SMILES string of the molecule is CC1CC([Si](C)(C)C2CC(C)C3C=C(c4ccccc4)C=CC32)C2C=CC(c3ccccc3)=CC12. The fourth-order valence-electron chi connectivity index (χ4n) is 8.28. The van der Waals surface area contributed by atoms with E-state index in [2.05, 4.69) is 124 Å². The molecule has 0 bridgehead atoms. The zero-order valence-corrected chi connectivity index (χ0v) is 22.8. The topological polar surface area (TPSA) is 0 Å². The molecule has 4 aliphatic rings. The maximum Gasteiger partial charge on any atom is 0.0548 e. The molecule has 4 aliphatic carbocycles. The molecule has 0 heterocycles. The van der Waals surface area contributed by atoms with Gasteiger partial charge in [0.05, 0.1) is 8.07 Å². The highest BCUT2D eigenvalue weighted by Crippen LogP contribution is 2.62. The predicted molar refractivity (Wildman–Crippen MR) is 154 cm³/mol. The minimum absolute atomic E-state index is 0.702. The summed E-state index contributed by atoms with van der Waals surface area (Å²) >= 11 is 0. The van der Waals surface area contributed by atoms with Crippen LogP contribution >= 0.6 is 0 Å². The molecule has 35 heavy (non-hydrogen) atoms. The minimum Gasteiger partial charge on any atom is -0.0802 e. The van der Waals surface area contributed by atoms with Gasteiger partial charge in [-0.1, -0.05) is 124 Å². The summed E-state index contributed by atoms with van der Waals surface area (Å²) in [5.74, 6) is 4.43. The lowest BCUT2D eigenvalue weighted by Gasteiger charge is -2.42. The normalized spacial score (nSPS) is 35.9. The molecular formula is C34H40Si. The van der Waals surface area contributed by atoms with Gasteiger partial charge in [-0.15, -0.1) is 0 Å². The smallest absolute Gasteiger partial charge is 0.0548 e. The van der Waals surface area contributed by atoms with Gasteiger partial charge in [-0.05, 0) is 81.7 Å². The number of allylic oxidation sites excluding steroid dienone is 8. The Labute approximate surface area is 213 Å². The van der Waals surface area contributed by atoms with Crippen molar-refractivity contribution in [1.29, 1.82) is 0 Å². The van der Waals surface area contributed by atoms with Gasteiger partial charge in [0.25, 0.3) is 0 Å². The van der Waals surface area contributed by atoms with Crippen molar-refractivity contribution in [2.75, 3.05) is 0 Å². The van der Waals surface area contributed by atoms with Gasteiger partial charge >= 0.3 is 0 Å². The van der Waals surface area contributed by atoms with Crippen LogP contribution in [0.2, 0.25) is 24.2 Å². The first-order valence-electron chi connectivity index (χ1n) is 13.8. The highest BCUT2D eigenvalue weighted by atomic mass is 28.3. The number of rotatable bonds is 4. The molecule has 0 aliphatic heterocycles. The summed E-state index contributed by atoms with van der Waals surface area (Å²) in [4.78, 5) is 0. The Balaban J connectivity index is 1.25. The fourth-order valence-corrected chi connectivity index (χ4v) is 13.4. The number of hydrogen-bond donors (Lipinski definition) is 0. The Morgan fingerprint density at radius 3 is 1.37 bits per heavy atom. The molecule has 2 aromatic carbocycles. The molecule has 0 N–H and O–H groups in total. The molecule has 1 heteroatoms. The highest BCUT2D eigenvalue weighted by molar-refractivity contribution is 6.80. The van der Waals surface area contributed by atoms with E-state index in [0.717, 1.165) is 34.8 Å². The van der Waals surface area contributed by atoms with Gasteiger partial charge in [-0.2, -0.15) is 0 Å². The molecule has 0 saturated heterocycles. The first kappa shape index (κ1) is 23.0. The van der Waals surface area contributed by atoms with Crippen LogP contribution in [0.1, 0.15) is 37.8 Å². The standard InChI is InChI=1S/C34H40Si/c1-23-19-33(29-17-15-27(21-31(23)29)25-11-7-5-8-12-25)35(3,4)34-20-24(2)32-22-28(16-18-30(32)34)26-13-9-6-10-14-26/h5-18,21-24,29-34H,19-20H2,1-4H3. The average Bonchev–Trinajstić information content (AvgIpc) is 3.42. The Kier molecular flexibility index (Phi) is 5.88. The van der Waals surface area contributed by atoms with Gasteiger partial charge in [0.15, 0.2) is 0 Å². The Morgan fingerprint density at radius 1 is 0.571 bits per heavy atom.